The molecule has 0 saturated heterocycles. The van der Waals surface area contributed by atoms with Gasteiger partial charge in [0.05, 0.1) is 6.10 Å². The second kappa shape index (κ2) is 5.23. The van der Waals surface area contributed by atoms with Gasteiger partial charge in [-0.15, -0.1) is 0 Å². The number of alkyl halides is 2. The van der Waals surface area contributed by atoms with E-state index in [1.165, 1.54) is 25.7 Å². The van der Waals surface area contributed by atoms with E-state index in [4.69, 9.17) is 27.9 Å². The van der Waals surface area contributed by atoms with E-state index in [1.54, 1.807) is 0 Å². The largest absolute Gasteiger partial charge is 0.346 e. The summed E-state index contributed by atoms with van der Waals surface area (Å²) >= 11 is 11.0. The lowest BCUT2D eigenvalue weighted by Crippen LogP contribution is -2.13. The van der Waals surface area contributed by atoms with Crippen molar-refractivity contribution in [3.05, 3.63) is 0 Å². The number of hydrogen-bond donors (Lipinski definition) is 0. The van der Waals surface area contributed by atoms with Crippen LogP contribution in [0.4, 0.5) is 0 Å². The number of hydrogen-bond acceptors (Lipinski definition) is 1. The molecule has 1 aliphatic rings. The lowest BCUT2D eigenvalue weighted by atomic mass is 10.2. The Bertz CT molecular complexity index is 98.3. The van der Waals surface area contributed by atoms with Crippen molar-refractivity contribution in [3.8, 4) is 0 Å². The first-order chi connectivity index (χ1) is 5.29. The first-order valence-electron chi connectivity index (χ1n) is 4.22. The Morgan fingerprint density at radius 2 is 1.55 bits per heavy atom. The zero-order valence-electron chi connectivity index (χ0n) is 6.56. The van der Waals surface area contributed by atoms with Crippen LogP contribution in [-0.4, -0.2) is 11.1 Å². The molecule has 11 heavy (non-hydrogen) atoms. The summed E-state index contributed by atoms with van der Waals surface area (Å²) in [5.41, 5.74) is 0. The highest BCUT2D eigenvalue weighted by molar-refractivity contribution is 6.43. The van der Waals surface area contributed by atoms with Gasteiger partial charge < -0.3 is 4.74 Å². The molecule has 0 aromatic carbocycles. The van der Waals surface area contributed by atoms with Gasteiger partial charge in [-0.2, -0.15) is 0 Å². The zero-order valence-corrected chi connectivity index (χ0v) is 8.07. The maximum Gasteiger partial charge on any atom is 0.206 e. The first kappa shape index (κ1) is 9.63. The van der Waals surface area contributed by atoms with Crippen LogP contribution < -0.4 is 0 Å². The van der Waals surface area contributed by atoms with E-state index in [0.717, 1.165) is 12.8 Å². The molecule has 0 aliphatic heterocycles. The third-order valence-corrected chi connectivity index (χ3v) is 2.30. The van der Waals surface area contributed by atoms with Crippen molar-refractivity contribution in [1.82, 2.24) is 0 Å². The van der Waals surface area contributed by atoms with Gasteiger partial charge in [-0.3, -0.25) is 0 Å². The van der Waals surface area contributed by atoms with E-state index in [-0.39, 0.29) is 0 Å². The van der Waals surface area contributed by atoms with E-state index in [2.05, 4.69) is 0 Å². The second-order valence-corrected chi connectivity index (χ2v) is 4.03. The summed E-state index contributed by atoms with van der Waals surface area (Å²) in [6.45, 7) is 0. The van der Waals surface area contributed by atoms with Crippen molar-refractivity contribution >= 4 is 23.2 Å². The molecule has 0 N–H and O–H groups in total. The molecule has 66 valence electrons. The molecule has 0 aromatic rings. The minimum atomic E-state index is -0.641. The van der Waals surface area contributed by atoms with E-state index in [1.807, 2.05) is 0 Å². The molecule has 0 radical (unpaired) electrons. The average Bonchev–Trinajstić information content (AvgIpc) is 2.14. The van der Waals surface area contributed by atoms with Gasteiger partial charge >= 0.3 is 0 Å². The maximum absolute atomic E-state index is 5.51. The summed E-state index contributed by atoms with van der Waals surface area (Å²) in [6.07, 6.45) is 7.71. The molecule has 1 saturated carbocycles. The summed E-state index contributed by atoms with van der Waals surface area (Å²) in [6, 6.07) is 0. The number of halogens is 2. The van der Waals surface area contributed by atoms with Crippen molar-refractivity contribution < 1.29 is 4.74 Å². The van der Waals surface area contributed by atoms with Crippen molar-refractivity contribution in [1.29, 1.82) is 0 Å². The predicted octanol–water partition coefficient (Wildman–Crippen LogP) is 3.49. The summed E-state index contributed by atoms with van der Waals surface area (Å²) in [5.74, 6) is 0. The zero-order chi connectivity index (χ0) is 8.10. The third kappa shape index (κ3) is 4.19. The molecular formula is C8H14Cl2O. The quantitative estimate of drug-likeness (QED) is 0.486. The van der Waals surface area contributed by atoms with Crippen LogP contribution in [0.5, 0.6) is 0 Å². The van der Waals surface area contributed by atoms with Crippen LogP contribution in [-0.2, 0) is 4.74 Å². The molecule has 0 atom stereocenters. The third-order valence-electron chi connectivity index (χ3n) is 2.10. The van der Waals surface area contributed by atoms with Gasteiger partial charge in [0.2, 0.25) is 5.02 Å². The number of rotatable bonds is 2. The maximum atomic E-state index is 5.51. The van der Waals surface area contributed by atoms with Crippen LogP contribution in [0.2, 0.25) is 0 Å². The topological polar surface area (TPSA) is 9.23 Å². The first-order valence-corrected chi connectivity index (χ1v) is 5.10. The van der Waals surface area contributed by atoms with Crippen LogP contribution in [0.15, 0.2) is 0 Å². The van der Waals surface area contributed by atoms with Gasteiger partial charge in [-0.25, -0.2) is 0 Å². The fourth-order valence-corrected chi connectivity index (χ4v) is 1.81. The summed E-state index contributed by atoms with van der Waals surface area (Å²) in [7, 11) is 0. The highest BCUT2D eigenvalue weighted by Gasteiger charge is 2.14. The Labute approximate surface area is 78.0 Å². The van der Waals surface area contributed by atoms with Gasteiger partial charge in [-0.05, 0) is 12.8 Å². The SMILES string of the molecule is ClC(Cl)OC1CCCCCC1. The van der Waals surface area contributed by atoms with E-state index in [0.29, 0.717) is 6.10 Å². The summed E-state index contributed by atoms with van der Waals surface area (Å²) < 4.78 is 5.30. The van der Waals surface area contributed by atoms with Gasteiger partial charge in [0.15, 0.2) is 0 Å². The normalized spacial score (nSPS) is 22.1. The molecule has 0 aromatic heterocycles. The molecule has 1 aliphatic carbocycles. The van der Waals surface area contributed by atoms with Crippen LogP contribution in [0.25, 0.3) is 0 Å². The highest BCUT2D eigenvalue weighted by atomic mass is 35.5. The lowest BCUT2D eigenvalue weighted by molar-refractivity contribution is 0.0568. The van der Waals surface area contributed by atoms with Gasteiger partial charge in [-0.1, -0.05) is 48.9 Å². The summed E-state index contributed by atoms with van der Waals surface area (Å²) in [4.78, 5) is 0. The van der Waals surface area contributed by atoms with Crippen LogP contribution in [0.1, 0.15) is 38.5 Å². The Kier molecular flexibility index (Phi) is 4.58. The molecule has 0 amide bonds. The molecule has 3 heteroatoms. The van der Waals surface area contributed by atoms with Crippen molar-refractivity contribution in [3.63, 3.8) is 0 Å². The van der Waals surface area contributed by atoms with Crippen LogP contribution in [0, 0.1) is 0 Å². The van der Waals surface area contributed by atoms with E-state index in [9.17, 15) is 0 Å². The second-order valence-electron chi connectivity index (χ2n) is 3.01. The lowest BCUT2D eigenvalue weighted by Gasteiger charge is -2.15. The fraction of sp³-hybridized carbons (Fsp3) is 1.00. The minimum Gasteiger partial charge on any atom is -0.346 e. The molecular weight excluding hydrogens is 183 g/mol. The Hall–Kier alpha value is 0.540. The molecule has 1 fully saturated rings. The number of ether oxygens (including phenoxy) is 1. The minimum absolute atomic E-state index is 0.303. The van der Waals surface area contributed by atoms with Crippen molar-refractivity contribution in [2.24, 2.45) is 0 Å². The van der Waals surface area contributed by atoms with Gasteiger partial charge in [0.25, 0.3) is 0 Å². The van der Waals surface area contributed by atoms with Crippen molar-refractivity contribution in [2.75, 3.05) is 0 Å². The summed E-state index contributed by atoms with van der Waals surface area (Å²) in [5, 5.41) is -0.641. The van der Waals surface area contributed by atoms with E-state index >= 15 is 0 Å². The fourth-order valence-electron chi connectivity index (χ4n) is 1.52. The molecule has 0 spiro atoms. The Morgan fingerprint density at radius 1 is 1.00 bits per heavy atom. The monoisotopic (exact) mass is 196 g/mol. The Morgan fingerprint density at radius 3 is 2.00 bits per heavy atom. The molecule has 1 nitrogen and oxygen atoms in total. The van der Waals surface area contributed by atoms with Gasteiger partial charge in [0, 0.05) is 0 Å². The predicted molar refractivity (Wildman–Crippen MR) is 48.1 cm³/mol. The average molecular weight is 197 g/mol. The van der Waals surface area contributed by atoms with Gasteiger partial charge in [0.1, 0.15) is 0 Å². The van der Waals surface area contributed by atoms with E-state index < -0.39 is 5.02 Å². The molecule has 0 heterocycles. The molecule has 0 unspecified atom stereocenters. The molecule has 0 bridgehead atoms. The standard InChI is InChI=1S/C8H14Cl2O/c9-8(10)11-7-5-3-1-2-4-6-7/h7-8H,1-6H2. The van der Waals surface area contributed by atoms with Crippen LogP contribution >= 0.6 is 23.2 Å². The smallest absolute Gasteiger partial charge is 0.206 e. The van der Waals surface area contributed by atoms with Crippen LogP contribution in [0.3, 0.4) is 0 Å². The highest BCUT2D eigenvalue weighted by Crippen LogP contribution is 2.22. The molecule has 1 rings (SSSR count). The van der Waals surface area contributed by atoms with Crippen molar-refractivity contribution in [2.45, 2.75) is 49.7 Å². The Balaban J connectivity index is 2.20.